The number of benzene rings is 1. The number of nitrogens with zero attached hydrogens (tertiary/aromatic N) is 2. The van der Waals surface area contributed by atoms with Crippen LogP contribution in [0.1, 0.15) is 18.2 Å². The van der Waals surface area contributed by atoms with Crippen LogP contribution in [0.5, 0.6) is 11.5 Å². The number of alkyl halides is 3. The summed E-state index contributed by atoms with van der Waals surface area (Å²) in [4.78, 5) is 12.2. The maximum Gasteiger partial charge on any atom is 0.573 e. The number of ether oxygens (including phenoxy) is 2. The van der Waals surface area contributed by atoms with Crippen molar-refractivity contribution < 1.29 is 35.9 Å². The van der Waals surface area contributed by atoms with Gasteiger partial charge in [-0.2, -0.15) is 5.10 Å². The molecule has 8 nitrogen and oxygen atoms in total. The summed E-state index contributed by atoms with van der Waals surface area (Å²) in [5.74, 6) is -0.364. The highest BCUT2D eigenvalue weighted by Crippen LogP contribution is 2.27. The number of hydrogen-bond donors (Lipinski definition) is 1. The third-order valence-electron chi connectivity index (χ3n) is 4.11. The van der Waals surface area contributed by atoms with Gasteiger partial charge in [0, 0.05) is 6.07 Å². The van der Waals surface area contributed by atoms with E-state index in [1.807, 2.05) is 0 Å². The number of halogens is 3. The minimum Gasteiger partial charge on any atom is -0.484 e. The zero-order chi connectivity index (χ0) is 21.2. The highest BCUT2D eigenvalue weighted by atomic mass is 32.2. The molecule has 1 aromatic heterocycles. The van der Waals surface area contributed by atoms with E-state index in [0.29, 0.717) is 17.9 Å². The number of carbonyl (C=O) groups excluding carboxylic acids is 1. The zero-order valence-corrected chi connectivity index (χ0v) is 16.1. The summed E-state index contributed by atoms with van der Waals surface area (Å²) in [6.45, 7) is 1.32. The lowest BCUT2D eigenvalue weighted by Crippen LogP contribution is -2.23. The van der Waals surface area contributed by atoms with Crippen LogP contribution >= 0.6 is 0 Å². The molecule has 1 atom stereocenters. The molecule has 1 unspecified atom stereocenters. The molecule has 0 spiro atoms. The molecular weight excluding hydrogens is 415 g/mol. The molecule has 1 fully saturated rings. The topological polar surface area (TPSA) is 99.5 Å². The van der Waals surface area contributed by atoms with Gasteiger partial charge in [0.1, 0.15) is 17.3 Å². The Morgan fingerprint density at radius 2 is 1.93 bits per heavy atom. The van der Waals surface area contributed by atoms with Gasteiger partial charge in [0.2, 0.25) is 0 Å². The first kappa shape index (κ1) is 21.0. The van der Waals surface area contributed by atoms with E-state index in [1.54, 1.807) is 13.0 Å². The second kappa shape index (κ2) is 7.93. The lowest BCUT2D eigenvalue weighted by molar-refractivity contribution is -0.274. The van der Waals surface area contributed by atoms with Crippen molar-refractivity contribution in [3.63, 3.8) is 0 Å². The Bertz CT molecular complexity index is 987. The number of aryl methyl sites for hydroxylation is 1. The Hall–Kier alpha value is -2.76. The van der Waals surface area contributed by atoms with Crippen LogP contribution in [-0.4, -0.2) is 48.6 Å². The van der Waals surface area contributed by atoms with E-state index in [2.05, 4.69) is 15.2 Å². The summed E-state index contributed by atoms with van der Waals surface area (Å²) in [6, 6.07) is 5.88. The number of nitrogens with one attached hydrogen (secondary N) is 1. The van der Waals surface area contributed by atoms with E-state index in [9.17, 15) is 26.4 Å². The average Bonchev–Trinajstić information content (AvgIpc) is 3.14. The van der Waals surface area contributed by atoms with E-state index in [4.69, 9.17) is 4.74 Å². The highest BCUT2D eigenvalue weighted by Gasteiger charge is 2.32. The third-order valence-corrected chi connectivity index (χ3v) is 5.86. The van der Waals surface area contributed by atoms with Crippen molar-refractivity contribution in [3.8, 4) is 11.5 Å². The number of amides is 1. The van der Waals surface area contributed by atoms with Gasteiger partial charge in [-0.05, 0) is 37.6 Å². The van der Waals surface area contributed by atoms with Gasteiger partial charge in [0.05, 0.1) is 23.2 Å². The van der Waals surface area contributed by atoms with Gasteiger partial charge in [-0.25, -0.2) is 13.1 Å². The van der Waals surface area contributed by atoms with Crippen LogP contribution in [0.4, 0.5) is 19.0 Å². The maximum absolute atomic E-state index is 12.2. The number of rotatable bonds is 6. The minimum atomic E-state index is -4.79. The molecule has 0 bridgehead atoms. The normalized spacial score (nSPS) is 18.4. The van der Waals surface area contributed by atoms with E-state index < -0.39 is 34.5 Å². The lowest BCUT2D eigenvalue weighted by atomic mass is 10.3. The summed E-state index contributed by atoms with van der Waals surface area (Å²) < 4.78 is 70.3. The van der Waals surface area contributed by atoms with Crippen LogP contribution in [0.2, 0.25) is 0 Å². The van der Waals surface area contributed by atoms with Gasteiger partial charge >= 0.3 is 6.36 Å². The Balaban J connectivity index is 1.58. The maximum atomic E-state index is 12.2. The molecule has 158 valence electrons. The fourth-order valence-electron chi connectivity index (χ4n) is 2.92. The molecule has 2 heterocycles. The molecular formula is C17H18F3N3O5S. The van der Waals surface area contributed by atoms with Gasteiger partial charge in [-0.1, -0.05) is 0 Å². The van der Waals surface area contributed by atoms with E-state index in [-0.39, 0.29) is 23.3 Å². The summed E-state index contributed by atoms with van der Waals surface area (Å²) in [5, 5.41) is 6.88. The SMILES string of the molecule is Cc1cc(NC(=O)COc2ccc(OC(F)(F)F)cc2)n(C2CCS(=O)(=O)C2)n1. The Morgan fingerprint density at radius 1 is 1.28 bits per heavy atom. The van der Waals surface area contributed by atoms with Crippen molar-refractivity contribution in [2.75, 3.05) is 23.4 Å². The van der Waals surface area contributed by atoms with Crippen LogP contribution in [0.3, 0.4) is 0 Å². The fraction of sp³-hybridized carbons (Fsp3) is 0.412. The highest BCUT2D eigenvalue weighted by molar-refractivity contribution is 7.91. The fourth-order valence-corrected chi connectivity index (χ4v) is 4.61. The Kier molecular flexibility index (Phi) is 5.73. The van der Waals surface area contributed by atoms with Crippen LogP contribution in [0.25, 0.3) is 0 Å². The first-order valence-electron chi connectivity index (χ1n) is 8.56. The quantitative estimate of drug-likeness (QED) is 0.752. The van der Waals surface area contributed by atoms with Crippen molar-refractivity contribution in [1.82, 2.24) is 9.78 Å². The molecule has 0 aliphatic carbocycles. The first-order chi connectivity index (χ1) is 13.5. The average molecular weight is 433 g/mol. The van der Waals surface area contributed by atoms with E-state index in [0.717, 1.165) is 12.1 Å². The molecule has 1 aliphatic rings. The van der Waals surface area contributed by atoms with Crippen LogP contribution in [-0.2, 0) is 14.6 Å². The molecule has 1 N–H and O–H groups in total. The Morgan fingerprint density at radius 3 is 2.52 bits per heavy atom. The molecule has 0 saturated carbocycles. The lowest BCUT2D eigenvalue weighted by Gasteiger charge is -2.14. The van der Waals surface area contributed by atoms with E-state index in [1.165, 1.54) is 16.8 Å². The van der Waals surface area contributed by atoms with Crippen molar-refractivity contribution in [2.45, 2.75) is 25.7 Å². The number of sulfone groups is 1. The van der Waals surface area contributed by atoms with Crippen molar-refractivity contribution in [2.24, 2.45) is 0 Å². The Labute approximate surface area is 164 Å². The molecule has 0 radical (unpaired) electrons. The molecule has 3 rings (SSSR count). The standard InChI is InChI=1S/C17H18F3N3O5S/c1-11-8-15(23(22-11)12-6-7-29(25,26)10-12)21-16(24)9-27-13-2-4-14(5-3-13)28-17(18,19)20/h2-5,8,12H,6-7,9-10H2,1H3,(H,21,24). The number of aromatic nitrogens is 2. The molecule has 1 saturated heterocycles. The summed E-state index contributed by atoms with van der Waals surface area (Å²) >= 11 is 0. The second-order valence-electron chi connectivity index (χ2n) is 6.53. The van der Waals surface area contributed by atoms with Gasteiger partial charge in [-0.3, -0.25) is 4.79 Å². The van der Waals surface area contributed by atoms with Gasteiger partial charge in [-0.15, -0.1) is 13.2 Å². The zero-order valence-electron chi connectivity index (χ0n) is 15.3. The largest absolute Gasteiger partial charge is 0.573 e. The van der Waals surface area contributed by atoms with Crippen molar-refractivity contribution in [1.29, 1.82) is 0 Å². The monoisotopic (exact) mass is 433 g/mol. The molecule has 12 heteroatoms. The number of anilines is 1. The van der Waals surface area contributed by atoms with Gasteiger partial charge in [0.25, 0.3) is 5.91 Å². The summed E-state index contributed by atoms with van der Waals surface area (Å²) in [5.41, 5.74) is 0.616. The predicted octanol–water partition coefficient (Wildman–Crippen LogP) is 2.47. The van der Waals surface area contributed by atoms with Gasteiger partial charge < -0.3 is 14.8 Å². The smallest absolute Gasteiger partial charge is 0.484 e. The third kappa shape index (κ3) is 5.86. The van der Waals surface area contributed by atoms with Crippen LogP contribution in [0, 0.1) is 6.92 Å². The summed E-state index contributed by atoms with van der Waals surface area (Å²) in [6.07, 6.45) is -4.38. The molecule has 1 aromatic carbocycles. The van der Waals surface area contributed by atoms with Crippen molar-refractivity contribution in [3.05, 3.63) is 36.0 Å². The first-order valence-corrected chi connectivity index (χ1v) is 10.4. The van der Waals surface area contributed by atoms with Crippen molar-refractivity contribution >= 4 is 21.6 Å². The number of carbonyl (C=O) groups is 1. The summed E-state index contributed by atoms with van der Waals surface area (Å²) in [7, 11) is -3.12. The predicted molar refractivity (Wildman–Crippen MR) is 96.5 cm³/mol. The number of hydrogen-bond acceptors (Lipinski definition) is 6. The van der Waals surface area contributed by atoms with Crippen LogP contribution in [0.15, 0.2) is 30.3 Å². The second-order valence-corrected chi connectivity index (χ2v) is 8.76. The van der Waals surface area contributed by atoms with Crippen LogP contribution < -0.4 is 14.8 Å². The van der Waals surface area contributed by atoms with E-state index >= 15 is 0 Å². The molecule has 1 amide bonds. The molecule has 1 aliphatic heterocycles. The molecule has 2 aromatic rings. The minimum absolute atomic E-state index is 0.0418. The molecule has 29 heavy (non-hydrogen) atoms. The van der Waals surface area contributed by atoms with Gasteiger partial charge in [0.15, 0.2) is 16.4 Å².